The van der Waals surface area contributed by atoms with Gasteiger partial charge in [0, 0.05) is 29.4 Å². The molecule has 41 heavy (non-hydrogen) atoms. The lowest BCUT2D eigenvalue weighted by Gasteiger charge is -2.20. The zero-order chi connectivity index (χ0) is 29.8. The number of benzene rings is 3. The van der Waals surface area contributed by atoms with Crippen molar-refractivity contribution >= 4 is 22.6 Å². The van der Waals surface area contributed by atoms with Gasteiger partial charge in [0.15, 0.2) is 11.6 Å². The maximum absolute atomic E-state index is 15.2. The Hall–Kier alpha value is -4.39. The van der Waals surface area contributed by atoms with Gasteiger partial charge in [-0.2, -0.15) is 0 Å². The smallest absolute Gasteiger partial charge is 0.343 e. The minimum absolute atomic E-state index is 0.00949. The van der Waals surface area contributed by atoms with E-state index in [0.29, 0.717) is 22.9 Å². The molecule has 0 fully saturated rings. The Balaban J connectivity index is 1.95. The minimum Gasteiger partial charge on any atom is -0.496 e. The van der Waals surface area contributed by atoms with E-state index in [-0.39, 0.29) is 42.2 Å². The molecule has 1 aromatic heterocycles. The topological polar surface area (TPSA) is 130 Å². The van der Waals surface area contributed by atoms with Crippen molar-refractivity contribution in [1.29, 1.82) is 0 Å². The number of carbonyl (C=O) groups is 1. The molecule has 4 rings (SSSR count). The van der Waals surface area contributed by atoms with Gasteiger partial charge in [-0.25, -0.2) is 18.0 Å². The summed E-state index contributed by atoms with van der Waals surface area (Å²) in [6.07, 6.45) is 1.02. The average molecular weight is 573 g/mol. The average Bonchev–Trinajstić information content (AvgIpc) is 2.97. The standard InChI is InChI=1S/C29H27F3N2O7/c1-3-41-29(39)19-11-34(27-18(28(19)38)8-22(31)26(32)20(27)14-37)24-9-23(21(30)7-17(24)13-36)33-10-16-5-4-15(12-35)6-25(16)40-2/h4-9,11,33,35-37H,3,10,12-14H2,1-2H3. The first-order valence-corrected chi connectivity index (χ1v) is 12.5. The second kappa shape index (κ2) is 12.4. The zero-order valence-electron chi connectivity index (χ0n) is 22.1. The van der Waals surface area contributed by atoms with Gasteiger partial charge in [-0.3, -0.25) is 4.79 Å². The van der Waals surface area contributed by atoms with Crippen LogP contribution in [-0.2, 0) is 31.1 Å². The first-order valence-electron chi connectivity index (χ1n) is 12.5. The largest absolute Gasteiger partial charge is 0.496 e. The molecular weight excluding hydrogens is 545 g/mol. The summed E-state index contributed by atoms with van der Waals surface area (Å²) in [5.41, 5.74) is -1.21. The first-order chi connectivity index (χ1) is 19.7. The molecule has 0 aliphatic heterocycles. The molecule has 4 aromatic rings. The van der Waals surface area contributed by atoms with E-state index in [1.807, 2.05) is 0 Å². The fourth-order valence-electron chi connectivity index (χ4n) is 4.52. The van der Waals surface area contributed by atoms with Gasteiger partial charge in [0.25, 0.3) is 0 Å². The van der Waals surface area contributed by atoms with Gasteiger partial charge in [0.2, 0.25) is 5.43 Å². The molecule has 4 N–H and O–H groups in total. The summed E-state index contributed by atoms with van der Waals surface area (Å²) in [5.74, 6) is -4.20. The summed E-state index contributed by atoms with van der Waals surface area (Å²) >= 11 is 0. The van der Waals surface area contributed by atoms with Crippen molar-refractivity contribution in [3.63, 3.8) is 0 Å². The van der Waals surface area contributed by atoms with Crippen LogP contribution >= 0.6 is 0 Å². The Morgan fingerprint density at radius 2 is 1.73 bits per heavy atom. The molecule has 0 saturated carbocycles. The van der Waals surface area contributed by atoms with E-state index < -0.39 is 58.6 Å². The van der Waals surface area contributed by atoms with Crippen molar-refractivity contribution in [3.05, 3.63) is 98.1 Å². The number of aromatic nitrogens is 1. The lowest BCUT2D eigenvalue weighted by Crippen LogP contribution is -2.22. The quantitative estimate of drug-likeness (QED) is 0.212. The van der Waals surface area contributed by atoms with Crippen LogP contribution in [-0.4, -0.2) is 39.6 Å². The lowest BCUT2D eigenvalue weighted by molar-refractivity contribution is 0.0524. The molecule has 0 spiro atoms. The number of methoxy groups -OCH3 is 1. The number of halogens is 3. The summed E-state index contributed by atoms with van der Waals surface area (Å²) in [6.45, 7) is -0.418. The Labute approximate surface area is 232 Å². The Kier molecular flexibility index (Phi) is 8.96. The van der Waals surface area contributed by atoms with Gasteiger partial charge in [0.1, 0.15) is 17.1 Å². The number of carbonyl (C=O) groups excluding carboxylic acids is 1. The van der Waals surface area contributed by atoms with Crippen molar-refractivity contribution < 1.29 is 42.8 Å². The number of fused-ring (bicyclic) bond motifs is 1. The van der Waals surface area contributed by atoms with Gasteiger partial charge < -0.3 is 34.7 Å². The van der Waals surface area contributed by atoms with Crippen LogP contribution in [0.4, 0.5) is 18.9 Å². The van der Waals surface area contributed by atoms with Crippen molar-refractivity contribution in [2.24, 2.45) is 0 Å². The minimum atomic E-state index is -1.42. The number of rotatable bonds is 10. The highest BCUT2D eigenvalue weighted by atomic mass is 19.2. The molecule has 0 saturated heterocycles. The molecule has 1 heterocycles. The van der Waals surface area contributed by atoms with E-state index in [4.69, 9.17) is 9.47 Å². The summed E-state index contributed by atoms with van der Waals surface area (Å²) in [6, 6.07) is 7.86. The van der Waals surface area contributed by atoms with Crippen LogP contribution in [0.25, 0.3) is 16.6 Å². The van der Waals surface area contributed by atoms with Crippen LogP contribution in [0, 0.1) is 17.5 Å². The number of ether oxygens (including phenoxy) is 2. The molecule has 0 aliphatic rings. The zero-order valence-corrected chi connectivity index (χ0v) is 22.1. The molecule has 0 atom stereocenters. The number of anilines is 1. The first kappa shape index (κ1) is 29.6. The fourth-order valence-corrected chi connectivity index (χ4v) is 4.52. The van der Waals surface area contributed by atoms with E-state index >= 15 is 4.39 Å². The maximum Gasteiger partial charge on any atom is 0.343 e. The van der Waals surface area contributed by atoms with Gasteiger partial charge in [-0.05, 0) is 36.8 Å². The number of hydrogen-bond acceptors (Lipinski definition) is 8. The van der Waals surface area contributed by atoms with E-state index in [9.17, 15) is 33.7 Å². The highest BCUT2D eigenvalue weighted by Gasteiger charge is 2.24. The third-order valence-electron chi connectivity index (χ3n) is 6.53. The molecule has 216 valence electrons. The van der Waals surface area contributed by atoms with Crippen molar-refractivity contribution in [2.75, 3.05) is 19.0 Å². The maximum atomic E-state index is 15.2. The normalized spacial score (nSPS) is 11.1. The van der Waals surface area contributed by atoms with E-state index in [1.165, 1.54) is 20.1 Å². The Morgan fingerprint density at radius 1 is 0.976 bits per heavy atom. The van der Waals surface area contributed by atoms with Gasteiger partial charge in [-0.15, -0.1) is 0 Å². The van der Waals surface area contributed by atoms with Gasteiger partial charge in [-0.1, -0.05) is 12.1 Å². The molecule has 0 unspecified atom stereocenters. The van der Waals surface area contributed by atoms with Gasteiger partial charge in [0.05, 0.1) is 55.8 Å². The fraction of sp³-hybridized carbons (Fsp3) is 0.241. The molecule has 0 amide bonds. The van der Waals surface area contributed by atoms with Crippen LogP contribution < -0.4 is 15.5 Å². The number of aliphatic hydroxyl groups excluding tert-OH is 3. The molecule has 0 radical (unpaired) electrons. The molecule has 0 bridgehead atoms. The number of nitrogens with zero attached hydrogens (tertiary/aromatic N) is 1. The van der Waals surface area contributed by atoms with Crippen LogP contribution in [0.5, 0.6) is 5.75 Å². The highest BCUT2D eigenvalue weighted by Crippen LogP contribution is 2.31. The van der Waals surface area contributed by atoms with E-state index in [2.05, 4.69) is 5.32 Å². The number of aliphatic hydroxyl groups is 3. The number of hydrogen-bond donors (Lipinski definition) is 4. The Morgan fingerprint density at radius 3 is 2.37 bits per heavy atom. The third-order valence-corrected chi connectivity index (χ3v) is 6.53. The summed E-state index contributed by atoms with van der Waals surface area (Å²) in [7, 11) is 1.44. The van der Waals surface area contributed by atoms with Gasteiger partial charge >= 0.3 is 5.97 Å². The lowest BCUT2D eigenvalue weighted by atomic mass is 10.0. The summed E-state index contributed by atoms with van der Waals surface area (Å²) < 4.78 is 55.9. The second-order valence-corrected chi connectivity index (χ2v) is 8.94. The number of esters is 1. The van der Waals surface area contributed by atoms with Crippen LogP contribution in [0.2, 0.25) is 0 Å². The molecule has 0 aliphatic carbocycles. The van der Waals surface area contributed by atoms with Crippen LogP contribution in [0.1, 0.15) is 39.5 Å². The third kappa shape index (κ3) is 5.62. The van der Waals surface area contributed by atoms with Crippen LogP contribution in [0.3, 0.4) is 0 Å². The van der Waals surface area contributed by atoms with Crippen molar-refractivity contribution in [2.45, 2.75) is 33.3 Å². The highest BCUT2D eigenvalue weighted by molar-refractivity contribution is 5.95. The molecule has 12 heteroatoms. The summed E-state index contributed by atoms with van der Waals surface area (Å²) in [5, 5.41) is 31.8. The SMILES string of the molecule is CCOC(=O)c1cn(-c2cc(NCc3ccc(CO)cc3OC)c(F)cc2CO)c2c(CO)c(F)c(F)cc2c1=O. The number of pyridine rings is 1. The second-order valence-electron chi connectivity index (χ2n) is 8.94. The molecule has 3 aromatic carbocycles. The predicted octanol–water partition coefficient (Wildman–Crippen LogP) is 3.68. The predicted molar refractivity (Wildman–Crippen MR) is 143 cm³/mol. The van der Waals surface area contributed by atoms with Crippen molar-refractivity contribution in [1.82, 2.24) is 4.57 Å². The van der Waals surface area contributed by atoms with E-state index in [1.54, 1.807) is 18.2 Å². The van der Waals surface area contributed by atoms with E-state index in [0.717, 1.165) is 16.8 Å². The van der Waals surface area contributed by atoms with Crippen LogP contribution in [0.15, 0.2) is 47.4 Å². The molecular formula is C29H27F3N2O7. The molecule has 9 nitrogen and oxygen atoms in total. The summed E-state index contributed by atoms with van der Waals surface area (Å²) in [4.78, 5) is 25.8. The number of nitrogens with one attached hydrogen (secondary N) is 1. The Bertz CT molecular complexity index is 1690. The monoisotopic (exact) mass is 572 g/mol. The van der Waals surface area contributed by atoms with Crippen molar-refractivity contribution in [3.8, 4) is 11.4 Å².